The maximum absolute atomic E-state index is 6.04. The molecule has 0 aromatic heterocycles. The van der Waals surface area contributed by atoms with E-state index in [1.54, 1.807) is 6.07 Å². The summed E-state index contributed by atoms with van der Waals surface area (Å²) in [6.45, 7) is 0. The van der Waals surface area contributed by atoms with Gasteiger partial charge in [-0.05, 0) is 29.3 Å². The zero-order chi connectivity index (χ0) is 13.2. The number of hydrogen-bond donors (Lipinski definition) is 1. The summed E-state index contributed by atoms with van der Waals surface area (Å²) in [6.07, 6.45) is 0. The van der Waals surface area contributed by atoms with Gasteiger partial charge in [0, 0.05) is 27.2 Å². The van der Waals surface area contributed by atoms with E-state index >= 15 is 0 Å². The largest absolute Gasteiger partial charge is 0.377 e. The quantitative estimate of drug-likeness (QED) is 0.797. The fourth-order valence-electron chi connectivity index (χ4n) is 2.34. The van der Waals surface area contributed by atoms with E-state index in [-0.39, 0.29) is 0 Å². The number of nitrogens with one attached hydrogen (secondary N) is 1. The van der Waals surface area contributed by atoms with Crippen molar-refractivity contribution in [1.82, 2.24) is 0 Å². The Bertz CT molecular complexity index is 580. The highest BCUT2D eigenvalue weighted by molar-refractivity contribution is 7.98. The van der Waals surface area contributed by atoms with Crippen LogP contribution in [0.3, 0.4) is 0 Å². The van der Waals surface area contributed by atoms with E-state index < -0.39 is 0 Å². The van der Waals surface area contributed by atoms with E-state index in [1.165, 1.54) is 11.1 Å². The smallest absolute Gasteiger partial charge is 0.0607 e. The van der Waals surface area contributed by atoms with Gasteiger partial charge in [0.25, 0.3) is 0 Å². The van der Waals surface area contributed by atoms with E-state index in [2.05, 4.69) is 29.6 Å². The monoisotopic (exact) mass is 309 g/mol. The standard InChI is InChI=1S/C15H13Cl2NS/c16-11-5-12(17)7-13(6-11)18-15-9-19-8-10-3-1-2-4-14(10)15/h1-7,15,18H,8-9H2. The fraction of sp³-hybridized carbons (Fsp3) is 0.200. The molecule has 1 N–H and O–H groups in total. The van der Waals surface area contributed by atoms with Crippen molar-refractivity contribution in [2.75, 3.05) is 11.1 Å². The first-order chi connectivity index (χ1) is 9.22. The topological polar surface area (TPSA) is 12.0 Å². The van der Waals surface area contributed by atoms with Crippen molar-refractivity contribution >= 4 is 40.7 Å². The third-order valence-corrected chi connectivity index (χ3v) is 4.70. The lowest BCUT2D eigenvalue weighted by Gasteiger charge is -2.27. The van der Waals surface area contributed by atoms with Gasteiger partial charge in [-0.3, -0.25) is 0 Å². The number of hydrogen-bond acceptors (Lipinski definition) is 2. The van der Waals surface area contributed by atoms with Crippen LogP contribution in [0.2, 0.25) is 10.0 Å². The number of halogens is 2. The van der Waals surface area contributed by atoms with Crippen LogP contribution in [0.15, 0.2) is 42.5 Å². The lowest BCUT2D eigenvalue weighted by atomic mass is 10.0. The van der Waals surface area contributed by atoms with Crippen molar-refractivity contribution in [3.05, 3.63) is 63.6 Å². The summed E-state index contributed by atoms with van der Waals surface area (Å²) in [5.74, 6) is 2.14. The Balaban J connectivity index is 1.88. The zero-order valence-electron chi connectivity index (χ0n) is 10.2. The van der Waals surface area contributed by atoms with Crippen LogP contribution in [0, 0.1) is 0 Å². The van der Waals surface area contributed by atoms with E-state index in [4.69, 9.17) is 23.2 Å². The molecule has 0 spiro atoms. The van der Waals surface area contributed by atoms with Gasteiger partial charge in [-0.15, -0.1) is 0 Å². The normalized spacial score (nSPS) is 17.9. The van der Waals surface area contributed by atoms with Crippen molar-refractivity contribution in [3.63, 3.8) is 0 Å². The maximum atomic E-state index is 6.04. The number of anilines is 1. The van der Waals surface area contributed by atoms with E-state index in [1.807, 2.05) is 23.9 Å². The Morgan fingerprint density at radius 3 is 2.58 bits per heavy atom. The summed E-state index contributed by atoms with van der Waals surface area (Å²) >= 11 is 14.0. The van der Waals surface area contributed by atoms with Gasteiger partial charge in [0.15, 0.2) is 0 Å². The zero-order valence-corrected chi connectivity index (χ0v) is 12.5. The minimum atomic E-state index is 0.310. The highest BCUT2D eigenvalue weighted by atomic mass is 35.5. The molecule has 98 valence electrons. The molecular formula is C15H13Cl2NS. The Hall–Kier alpha value is -0.830. The van der Waals surface area contributed by atoms with Crippen LogP contribution in [0.25, 0.3) is 0 Å². The van der Waals surface area contributed by atoms with E-state index in [9.17, 15) is 0 Å². The molecule has 0 fully saturated rings. The molecular weight excluding hydrogens is 297 g/mol. The SMILES string of the molecule is Clc1cc(Cl)cc(NC2CSCc3ccccc32)c1. The van der Waals surface area contributed by atoms with Gasteiger partial charge in [-0.2, -0.15) is 11.8 Å². The van der Waals surface area contributed by atoms with Gasteiger partial charge >= 0.3 is 0 Å². The molecule has 2 aromatic rings. The van der Waals surface area contributed by atoms with Crippen LogP contribution in [0.5, 0.6) is 0 Å². The first-order valence-electron chi connectivity index (χ1n) is 6.10. The second kappa shape index (κ2) is 5.66. The molecule has 1 aliphatic rings. The van der Waals surface area contributed by atoms with Gasteiger partial charge in [0.05, 0.1) is 6.04 Å². The van der Waals surface area contributed by atoms with Crippen LogP contribution in [-0.4, -0.2) is 5.75 Å². The lowest BCUT2D eigenvalue weighted by Crippen LogP contribution is -2.18. The van der Waals surface area contributed by atoms with Crippen LogP contribution < -0.4 is 5.32 Å². The third kappa shape index (κ3) is 3.02. The maximum Gasteiger partial charge on any atom is 0.0607 e. The predicted molar refractivity (Wildman–Crippen MR) is 85.4 cm³/mol. The van der Waals surface area contributed by atoms with Gasteiger partial charge < -0.3 is 5.32 Å². The molecule has 4 heteroatoms. The number of thioether (sulfide) groups is 1. The predicted octanol–water partition coefficient (Wildman–Crippen LogP) is 5.39. The molecule has 0 saturated carbocycles. The minimum Gasteiger partial charge on any atom is -0.377 e. The average molecular weight is 310 g/mol. The third-order valence-electron chi connectivity index (χ3n) is 3.18. The average Bonchev–Trinajstić information content (AvgIpc) is 2.38. The van der Waals surface area contributed by atoms with Crippen molar-refractivity contribution in [3.8, 4) is 0 Å². The molecule has 0 amide bonds. The van der Waals surface area contributed by atoms with Crippen LogP contribution in [0.4, 0.5) is 5.69 Å². The lowest BCUT2D eigenvalue weighted by molar-refractivity contribution is 0.871. The molecule has 2 aromatic carbocycles. The van der Waals surface area contributed by atoms with Crippen molar-refractivity contribution in [2.24, 2.45) is 0 Å². The minimum absolute atomic E-state index is 0.310. The summed E-state index contributed by atoms with van der Waals surface area (Å²) in [6, 6.07) is 14.5. The van der Waals surface area contributed by atoms with Crippen LogP contribution >= 0.6 is 35.0 Å². The summed E-state index contributed by atoms with van der Waals surface area (Å²) in [4.78, 5) is 0. The van der Waals surface area contributed by atoms with Gasteiger partial charge in [0.1, 0.15) is 0 Å². The summed E-state index contributed by atoms with van der Waals surface area (Å²) in [7, 11) is 0. The fourth-order valence-corrected chi connectivity index (χ4v) is 3.97. The number of fused-ring (bicyclic) bond motifs is 1. The Morgan fingerprint density at radius 1 is 1.05 bits per heavy atom. The molecule has 0 bridgehead atoms. The Morgan fingerprint density at radius 2 is 1.79 bits per heavy atom. The van der Waals surface area contributed by atoms with Crippen LogP contribution in [-0.2, 0) is 5.75 Å². The Labute approximate surface area is 127 Å². The van der Waals surface area contributed by atoms with E-state index in [0.29, 0.717) is 16.1 Å². The second-order valence-electron chi connectivity index (χ2n) is 4.57. The molecule has 3 rings (SSSR count). The summed E-state index contributed by atoms with van der Waals surface area (Å²) in [5, 5.41) is 4.85. The van der Waals surface area contributed by atoms with Gasteiger partial charge in [-0.25, -0.2) is 0 Å². The molecule has 1 heterocycles. The molecule has 0 aliphatic carbocycles. The first-order valence-corrected chi connectivity index (χ1v) is 8.01. The molecule has 19 heavy (non-hydrogen) atoms. The van der Waals surface area contributed by atoms with E-state index in [0.717, 1.165) is 17.2 Å². The van der Waals surface area contributed by atoms with Crippen LogP contribution in [0.1, 0.15) is 17.2 Å². The highest BCUT2D eigenvalue weighted by Crippen LogP contribution is 2.34. The van der Waals surface area contributed by atoms with Crippen molar-refractivity contribution < 1.29 is 0 Å². The molecule has 1 unspecified atom stereocenters. The van der Waals surface area contributed by atoms with Crippen molar-refractivity contribution in [1.29, 1.82) is 0 Å². The summed E-state index contributed by atoms with van der Waals surface area (Å²) < 4.78 is 0. The molecule has 0 radical (unpaired) electrons. The molecule has 0 saturated heterocycles. The molecule has 1 atom stereocenters. The highest BCUT2D eigenvalue weighted by Gasteiger charge is 2.19. The van der Waals surface area contributed by atoms with Crippen molar-refractivity contribution in [2.45, 2.75) is 11.8 Å². The first kappa shape index (κ1) is 13.2. The Kier molecular flexibility index (Phi) is 3.92. The van der Waals surface area contributed by atoms with Gasteiger partial charge in [-0.1, -0.05) is 47.5 Å². The second-order valence-corrected chi connectivity index (χ2v) is 6.47. The van der Waals surface area contributed by atoms with Gasteiger partial charge in [0.2, 0.25) is 0 Å². The number of rotatable bonds is 2. The molecule has 1 aliphatic heterocycles. The molecule has 1 nitrogen and oxygen atoms in total. The number of benzene rings is 2. The summed E-state index contributed by atoms with van der Waals surface area (Å²) in [5.41, 5.74) is 3.75.